The molecular weight excluding hydrogens is 435 g/mol. The molecule has 1 fully saturated rings. The fourth-order valence-electron chi connectivity index (χ4n) is 5.12. The molecule has 33 heavy (non-hydrogen) atoms. The van der Waals surface area contributed by atoms with Gasteiger partial charge in [0.2, 0.25) is 5.91 Å². The molecule has 0 radical (unpaired) electrons. The summed E-state index contributed by atoms with van der Waals surface area (Å²) in [5.74, 6) is -0.781. The lowest BCUT2D eigenvalue weighted by atomic mass is 9.97. The van der Waals surface area contributed by atoms with E-state index >= 15 is 0 Å². The summed E-state index contributed by atoms with van der Waals surface area (Å²) in [5, 5.41) is 0. The van der Waals surface area contributed by atoms with Crippen LogP contribution in [0.4, 0.5) is 18.0 Å². The number of likely N-dealkylation sites (N-methyl/N-ethyl adjacent to an activating group) is 1. The molecule has 1 saturated heterocycles. The number of halogens is 3. The molecule has 5 rings (SSSR count). The summed E-state index contributed by atoms with van der Waals surface area (Å²) < 4.78 is 38.3. The molecule has 1 aliphatic carbocycles. The Bertz CT molecular complexity index is 1180. The van der Waals surface area contributed by atoms with Gasteiger partial charge in [0.15, 0.2) is 0 Å². The molecule has 3 aliphatic rings. The number of alkyl halides is 3. The van der Waals surface area contributed by atoms with Gasteiger partial charge in [-0.15, -0.1) is 0 Å². The number of benzene rings is 2. The van der Waals surface area contributed by atoms with Crippen LogP contribution in [0, 0.1) is 0 Å². The van der Waals surface area contributed by atoms with Gasteiger partial charge in [-0.25, -0.2) is 4.79 Å². The van der Waals surface area contributed by atoms with Gasteiger partial charge in [-0.2, -0.15) is 13.2 Å². The second-order valence-electron chi connectivity index (χ2n) is 8.66. The van der Waals surface area contributed by atoms with Gasteiger partial charge in [0.1, 0.15) is 13.1 Å². The van der Waals surface area contributed by atoms with Gasteiger partial charge in [0.05, 0.1) is 6.04 Å². The summed E-state index contributed by atoms with van der Waals surface area (Å²) in [6, 6.07) is 10.6. The number of fused-ring (bicyclic) bond motifs is 2. The molecule has 1 atom stereocenters. The van der Waals surface area contributed by atoms with Crippen molar-refractivity contribution >= 4 is 17.8 Å². The summed E-state index contributed by atoms with van der Waals surface area (Å²) in [6.07, 6.45) is -2.94. The lowest BCUT2D eigenvalue weighted by molar-refractivity contribution is -0.141. The van der Waals surface area contributed by atoms with E-state index in [9.17, 15) is 27.6 Å². The number of hydrogen-bond acceptors (Lipinski definition) is 3. The molecule has 0 saturated carbocycles. The first kappa shape index (κ1) is 21.5. The molecule has 172 valence electrons. The predicted molar refractivity (Wildman–Crippen MR) is 113 cm³/mol. The first-order valence-electron chi connectivity index (χ1n) is 10.9. The monoisotopic (exact) mass is 457 g/mol. The van der Waals surface area contributed by atoms with Crippen LogP contribution in [0.25, 0.3) is 11.1 Å². The molecule has 1 unspecified atom stereocenters. The third kappa shape index (κ3) is 3.65. The van der Waals surface area contributed by atoms with Crippen molar-refractivity contribution in [2.45, 2.75) is 38.5 Å². The second-order valence-corrected chi connectivity index (χ2v) is 8.66. The van der Waals surface area contributed by atoms with Crippen molar-refractivity contribution in [3.63, 3.8) is 0 Å². The molecule has 2 aliphatic heterocycles. The number of amides is 4. The number of imide groups is 1. The third-order valence-corrected chi connectivity index (χ3v) is 6.65. The van der Waals surface area contributed by atoms with Gasteiger partial charge < -0.3 is 9.80 Å². The highest BCUT2D eigenvalue weighted by Crippen LogP contribution is 2.40. The Labute approximate surface area is 188 Å². The summed E-state index contributed by atoms with van der Waals surface area (Å²) in [6.45, 7) is 0.900. The number of carbonyl (C=O) groups excluding carboxylic acids is 3. The number of hydrogen-bond donors (Lipinski definition) is 0. The smallest absolute Gasteiger partial charge is 0.325 e. The maximum absolute atomic E-state index is 12.8. The SMILES string of the molecule is CCN1C(=O)CN(C2CCc3cc(-c4ccc5c(c4)CN(CC(F)(F)F)C5=O)ccc32)C1=O. The van der Waals surface area contributed by atoms with Crippen molar-refractivity contribution in [3.05, 3.63) is 58.7 Å². The lowest BCUT2D eigenvalue weighted by Gasteiger charge is -2.24. The van der Waals surface area contributed by atoms with Crippen LogP contribution in [-0.4, -0.2) is 58.4 Å². The molecular formula is C24H22F3N3O3. The minimum Gasteiger partial charge on any atom is -0.325 e. The van der Waals surface area contributed by atoms with E-state index in [4.69, 9.17) is 0 Å². The Hall–Kier alpha value is -3.36. The first-order valence-corrected chi connectivity index (χ1v) is 10.9. The second kappa shape index (κ2) is 7.60. The zero-order valence-electron chi connectivity index (χ0n) is 18.0. The van der Waals surface area contributed by atoms with E-state index in [1.807, 2.05) is 18.2 Å². The van der Waals surface area contributed by atoms with E-state index in [2.05, 4.69) is 0 Å². The normalized spacial score (nSPS) is 20.2. The van der Waals surface area contributed by atoms with E-state index < -0.39 is 18.6 Å². The zero-order valence-corrected chi connectivity index (χ0v) is 18.0. The molecule has 2 heterocycles. The van der Waals surface area contributed by atoms with Crippen molar-refractivity contribution in [2.75, 3.05) is 19.6 Å². The Balaban J connectivity index is 1.39. The molecule has 0 aromatic heterocycles. The Morgan fingerprint density at radius 2 is 1.67 bits per heavy atom. The number of aryl methyl sites for hydroxylation is 1. The van der Waals surface area contributed by atoms with Crippen LogP contribution in [0.2, 0.25) is 0 Å². The van der Waals surface area contributed by atoms with Crippen molar-refractivity contribution < 1.29 is 27.6 Å². The van der Waals surface area contributed by atoms with Crippen molar-refractivity contribution in [3.8, 4) is 11.1 Å². The maximum atomic E-state index is 12.8. The largest absolute Gasteiger partial charge is 0.406 e. The van der Waals surface area contributed by atoms with Crippen molar-refractivity contribution in [1.29, 1.82) is 0 Å². The fraction of sp³-hybridized carbons (Fsp3) is 0.375. The Morgan fingerprint density at radius 3 is 2.33 bits per heavy atom. The minimum atomic E-state index is -4.44. The van der Waals surface area contributed by atoms with E-state index in [1.165, 1.54) is 4.90 Å². The van der Waals surface area contributed by atoms with Crippen molar-refractivity contribution in [2.24, 2.45) is 0 Å². The van der Waals surface area contributed by atoms with Gasteiger partial charge >= 0.3 is 12.2 Å². The average Bonchev–Trinajstić information content (AvgIpc) is 3.40. The molecule has 9 heteroatoms. The average molecular weight is 457 g/mol. The molecule has 4 amide bonds. The first-order chi connectivity index (χ1) is 15.7. The van der Waals surface area contributed by atoms with Crippen LogP contribution in [0.15, 0.2) is 36.4 Å². The van der Waals surface area contributed by atoms with E-state index in [1.54, 1.807) is 30.0 Å². The van der Waals surface area contributed by atoms with E-state index in [0.29, 0.717) is 17.7 Å². The van der Waals surface area contributed by atoms with E-state index in [0.717, 1.165) is 40.0 Å². The minimum absolute atomic E-state index is 0.0619. The maximum Gasteiger partial charge on any atom is 0.406 e. The number of rotatable bonds is 4. The number of urea groups is 1. The van der Waals surface area contributed by atoms with Crippen LogP contribution in [0.5, 0.6) is 0 Å². The van der Waals surface area contributed by atoms with Crippen LogP contribution < -0.4 is 0 Å². The third-order valence-electron chi connectivity index (χ3n) is 6.65. The molecule has 0 spiro atoms. The summed E-state index contributed by atoms with van der Waals surface area (Å²) in [4.78, 5) is 40.7. The molecule has 6 nitrogen and oxygen atoms in total. The van der Waals surface area contributed by atoms with Gasteiger partial charge in [0.25, 0.3) is 5.91 Å². The van der Waals surface area contributed by atoms with Gasteiger partial charge in [-0.3, -0.25) is 14.5 Å². The summed E-state index contributed by atoms with van der Waals surface area (Å²) >= 11 is 0. The standard InChI is InChI=1S/C24H22F3N3O3/c1-2-29-21(31)12-30(23(29)33)20-8-5-16-9-14(3-6-18(16)20)15-4-7-19-17(10-15)11-28(22(19)32)13-24(25,26)27/h3-4,6-7,9-10,20H,2,5,8,11-13H2,1H3. The van der Waals surface area contributed by atoms with Crippen LogP contribution in [0.1, 0.15) is 46.4 Å². The summed E-state index contributed by atoms with van der Waals surface area (Å²) in [7, 11) is 0. The Kier molecular flexibility index (Phi) is 4.95. The zero-order chi connectivity index (χ0) is 23.5. The van der Waals surface area contributed by atoms with Crippen molar-refractivity contribution in [1.82, 2.24) is 14.7 Å². The molecule has 2 aromatic carbocycles. The van der Waals surface area contributed by atoms with Gasteiger partial charge in [-0.05, 0) is 59.7 Å². The Morgan fingerprint density at radius 1 is 0.970 bits per heavy atom. The number of nitrogens with zero attached hydrogens (tertiary/aromatic N) is 3. The number of carbonyl (C=O) groups is 3. The predicted octanol–water partition coefficient (Wildman–Crippen LogP) is 4.14. The molecule has 0 N–H and O–H groups in total. The summed E-state index contributed by atoms with van der Waals surface area (Å²) in [5.41, 5.74) is 4.72. The van der Waals surface area contributed by atoms with Gasteiger partial charge in [-0.1, -0.05) is 24.3 Å². The van der Waals surface area contributed by atoms with Crippen LogP contribution in [-0.2, 0) is 17.8 Å². The molecule has 0 bridgehead atoms. The fourth-order valence-corrected chi connectivity index (χ4v) is 5.12. The van der Waals surface area contributed by atoms with E-state index in [-0.39, 0.29) is 31.1 Å². The van der Waals surface area contributed by atoms with Gasteiger partial charge in [0, 0.05) is 18.7 Å². The lowest BCUT2D eigenvalue weighted by Crippen LogP contribution is -2.34. The van der Waals surface area contributed by atoms with Crippen LogP contribution in [0.3, 0.4) is 0 Å². The highest BCUT2D eigenvalue weighted by molar-refractivity contribution is 6.02. The molecule has 2 aromatic rings. The van der Waals surface area contributed by atoms with Crippen LogP contribution >= 0.6 is 0 Å². The topological polar surface area (TPSA) is 60.9 Å². The highest BCUT2D eigenvalue weighted by Gasteiger charge is 2.41. The quantitative estimate of drug-likeness (QED) is 0.649. The highest BCUT2D eigenvalue weighted by atomic mass is 19.4.